The average molecular weight is 139 g/mol. The van der Waals surface area contributed by atoms with Crippen molar-refractivity contribution in [1.29, 1.82) is 0 Å². The second-order valence-corrected chi connectivity index (χ2v) is 2.81. The molecule has 0 heterocycles. The molecule has 0 aliphatic rings. The Morgan fingerprint density at radius 3 is 1.38 bits per heavy atom. The van der Waals surface area contributed by atoms with Gasteiger partial charge in [-0.05, 0) is 11.8 Å². The molecule has 3 N–H and O–H groups in total. The molecule has 0 saturated heterocycles. The minimum absolute atomic E-state index is 0. The van der Waals surface area contributed by atoms with E-state index >= 15 is 0 Å². The lowest BCUT2D eigenvalue weighted by Crippen LogP contribution is -2.00. The summed E-state index contributed by atoms with van der Waals surface area (Å²) in [6.45, 7) is 10.3. The van der Waals surface area contributed by atoms with Gasteiger partial charge in [-0.3, -0.25) is 0 Å². The first-order valence-electron chi connectivity index (χ1n) is 2.35. The fraction of sp³-hybridized carbons (Fsp3) is 0.833. The summed E-state index contributed by atoms with van der Waals surface area (Å²) in [5.41, 5.74) is 0.431. The Morgan fingerprint density at radius 2 is 1.38 bits per heavy atom. The molecule has 0 atom stereocenters. The Morgan fingerprint density at radius 1 is 1.25 bits per heavy atom. The van der Waals surface area contributed by atoms with E-state index in [2.05, 4.69) is 27.7 Å². The molecule has 0 rings (SSSR count). The molecular weight excluding hydrogens is 122 g/mol. The number of hydrogen-bond donors (Lipinski definition) is 1. The predicted octanol–water partition coefficient (Wildman–Crippen LogP) is 2.84. The van der Waals surface area contributed by atoms with Gasteiger partial charge in [-0.1, -0.05) is 27.7 Å². The number of rotatable bonds is 0. The van der Waals surface area contributed by atoms with Gasteiger partial charge in [0.2, 0.25) is 0 Å². The van der Waals surface area contributed by atoms with Gasteiger partial charge in [0, 0.05) is 0 Å². The smallest absolute Gasteiger partial charge is 0.0383 e. The molecule has 53 valence electrons. The van der Waals surface area contributed by atoms with Gasteiger partial charge in [-0.2, -0.15) is 0 Å². The van der Waals surface area contributed by atoms with Crippen LogP contribution in [0, 0.1) is 12.3 Å². The standard InChI is InChI=1S/C6H13.ClH.H3N/c1-5-6(2,3)4;;/h1,5H2,2-4H3;1H;1H3. The summed E-state index contributed by atoms with van der Waals surface area (Å²) in [4.78, 5) is 0. The van der Waals surface area contributed by atoms with Crippen molar-refractivity contribution in [3.63, 3.8) is 0 Å². The Balaban J connectivity index is -0.000000125. The van der Waals surface area contributed by atoms with Crippen LogP contribution in [0.25, 0.3) is 0 Å². The van der Waals surface area contributed by atoms with Crippen LogP contribution in [0.4, 0.5) is 0 Å². The van der Waals surface area contributed by atoms with Gasteiger partial charge in [0.05, 0.1) is 0 Å². The Kier molecular flexibility index (Phi) is 10.6. The Hall–Kier alpha value is 0.250. The number of halogens is 1. The highest BCUT2D eigenvalue weighted by Gasteiger charge is 2.03. The van der Waals surface area contributed by atoms with E-state index in [0.717, 1.165) is 6.42 Å². The van der Waals surface area contributed by atoms with E-state index < -0.39 is 0 Å². The molecule has 0 fully saturated rings. The molecule has 0 saturated carbocycles. The summed E-state index contributed by atoms with van der Waals surface area (Å²) < 4.78 is 0. The zero-order valence-corrected chi connectivity index (χ0v) is 6.85. The van der Waals surface area contributed by atoms with Crippen LogP contribution >= 0.6 is 12.4 Å². The van der Waals surface area contributed by atoms with E-state index in [9.17, 15) is 0 Å². The minimum Gasteiger partial charge on any atom is -0.344 e. The summed E-state index contributed by atoms with van der Waals surface area (Å²) in [5, 5.41) is 0. The molecule has 0 aromatic rings. The van der Waals surface area contributed by atoms with Crippen LogP contribution in [0.3, 0.4) is 0 Å². The molecule has 0 aliphatic heterocycles. The quantitative estimate of drug-likeness (QED) is 0.549. The maximum absolute atomic E-state index is 3.76. The number of hydrogen-bond acceptors (Lipinski definition) is 1. The van der Waals surface area contributed by atoms with Crippen molar-refractivity contribution < 1.29 is 0 Å². The van der Waals surface area contributed by atoms with Crippen LogP contribution in [0.1, 0.15) is 27.2 Å². The predicted molar refractivity (Wildman–Crippen MR) is 41.7 cm³/mol. The first-order chi connectivity index (χ1) is 2.56. The molecule has 8 heavy (non-hydrogen) atoms. The third kappa shape index (κ3) is 16.3. The zero-order chi connectivity index (χ0) is 5.21. The fourth-order valence-corrected chi connectivity index (χ4v) is 0. The van der Waals surface area contributed by atoms with E-state index in [1.54, 1.807) is 0 Å². The van der Waals surface area contributed by atoms with Crippen molar-refractivity contribution in [1.82, 2.24) is 6.15 Å². The van der Waals surface area contributed by atoms with E-state index in [1.165, 1.54) is 0 Å². The van der Waals surface area contributed by atoms with Gasteiger partial charge in [-0.25, -0.2) is 0 Å². The van der Waals surface area contributed by atoms with E-state index in [-0.39, 0.29) is 18.6 Å². The van der Waals surface area contributed by atoms with Crippen molar-refractivity contribution in [2.45, 2.75) is 27.2 Å². The lowest BCUT2D eigenvalue weighted by atomic mass is 9.94. The van der Waals surface area contributed by atoms with Crippen LogP contribution < -0.4 is 6.15 Å². The van der Waals surface area contributed by atoms with Gasteiger partial charge in [0.1, 0.15) is 0 Å². The maximum atomic E-state index is 3.76. The molecular formula is C6H17ClN. The molecule has 0 unspecified atom stereocenters. The highest BCUT2D eigenvalue weighted by molar-refractivity contribution is 5.85. The van der Waals surface area contributed by atoms with Gasteiger partial charge in [0.25, 0.3) is 0 Å². The Bertz CT molecular complexity index is 38.3. The van der Waals surface area contributed by atoms with Crippen LogP contribution in [0.15, 0.2) is 0 Å². The first kappa shape index (κ1) is 15.7. The second kappa shape index (κ2) is 5.39. The average Bonchev–Trinajstić information content (AvgIpc) is 1.35. The van der Waals surface area contributed by atoms with Crippen molar-refractivity contribution in [2.75, 3.05) is 0 Å². The molecule has 0 bridgehead atoms. The van der Waals surface area contributed by atoms with Crippen LogP contribution in [0.2, 0.25) is 0 Å². The largest absolute Gasteiger partial charge is 0.344 e. The third-order valence-corrected chi connectivity index (χ3v) is 0.750. The van der Waals surface area contributed by atoms with Gasteiger partial charge in [0.15, 0.2) is 0 Å². The minimum atomic E-state index is 0. The Labute approximate surface area is 58.9 Å². The maximum Gasteiger partial charge on any atom is -0.0383 e. The molecule has 0 spiro atoms. The molecule has 0 aliphatic carbocycles. The second-order valence-electron chi connectivity index (χ2n) is 2.81. The molecule has 2 heteroatoms. The summed E-state index contributed by atoms with van der Waals surface area (Å²) in [7, 11) is 0. The van der Waals surface area contributed by atoms with E-state index in [0.29, 0.717) is 5.41 Å². The van der Waals surface area contributed by atoms with Crippen molar-refractivity contribution >= 4 is 12.4 Å². The highest BCUT2D eigenvalue weighted by Crippen LogP contribution is 2.15. The van der Waals surface area contributed by atoms with Gasteiger partial charge in [-0.15, -0.1) is 12.4 Å². The zero-order valence-electron chi connectivity index (χ0n) is 6.03. The monoisotopic (exact) mass is 138 g/mol. The molecule has 0 aromatic carbocycles. The summed E-state index contributed by atoms with van der Waals surface area (Å²) in [6.07, 6.45) is 1.02. The first-order valence-corrected chi connectivity index (χ1v) is 2.35. The van der Waals surface area contributed by atoms with Crippen LogP contribution in [-0.4, -0.2) is 0 Å². The summed E-state index contributed by atoms with van der Waals surface area (Å²) >= 11 is 0. The van der Waals surface area contributed by atoms with Crippen LogP contribution in [-0.2, 0) is 0 Å². The van der Waals surface area contributed by atoms with Crippen molar-refractivity contribution in [2.24, 2.45) is 5.41 Å². The van der Waals surface area contributed by atoms with Crippen molar-refractivity contribution in [3.05, 3.63) is 6.92 Å². The third-order valence-electron chi connectivity index (χ3n) is 0.750. The highest BCUT2D eigenvalue weighted by atomic mass is 35.5. The molecule has 0 amide bonds. The van der Waals surface area contributed by atoms with E-state index in [4.69, 9.17) is 0 Å². The molecule has 1 nitrogen and oxygen atoms in total. The molecule has 1 radical (unpaired) electrons. The summed E-state index contributed by atoms with van der Waals surface area (Å²) in [6, 6.07) is 0. The lowest BCUT2D eigenvalue weighted by Gasteiger charge is -2.12. The lowest BCUT2D eigenvalue weighted by molar-refractivity contribution is 0.419. The fourth-order valence-electron chi connectivity index (χ4n) is 0. The van der Waals surface area contributed by atoms with Gasteiger partial charge >= 0.3 is 0 Å². The SMILES string of the molecule is Cl.N.[CH2]CC(C)(C)C. The normalized spacial score (nSPS) is 9.00. The van der Waals surface area contributed by atoms with Gasteiger partial charge < -0.3 is 6.15 Å². The van der Waals surface area contributed by atoms with Crippen LogP contribution in [0.5, 0.6) is 0 Å². The summed E-state index contributed by atoms with van der Waals surface area (Å²) in [5.74, 6) is 0. The topological polar surface area (TPSA) is 35.0 Å². The molecule has 0 aromatic heterocycles. The van der Waals surface area contributed by atoms with E-state index in [1.807, 2.05) is 0 Å². The van der Waals surface area contributed by atoms with Crippen molar-refractivity contribution in [3.8, 4) is 0 Å².